The molecule has 0 bridgehead atoms. The molecule has 18 heavy (non-hydrogen) atoms. The van der Waals surface area contributed by atoms with E-state index in [-0.39, 0.29) is 5.28 Å². The topological polar surface area (TPSA) is 57.0 Å². The lowest BCUT2D eigenvalue weighted by atomic mass is 10.2. The number of halogens is 2. The third kappa shape index (κ3) is 2.64. The average molecular weight is 333 g/mol. The minimum atomic E-state index is -0.562. The Morgan fingerprint density at radius 1 is 1.50 bits per heavy atom. The number of rotatable bonds is 0. The second kappa shape index (κ2) is 4.51. The van der Waals surface area contributed by atoms with E-state index in [2.05, 4.69) is 25.9 Å². The molecule has 2 rings (SSSR count). The molecule has 2 aromatic rings. The first-order valence-electron chi connectivity index (χ1n) is 5.20. The van der Waals surface area contributed by atoms with Crippen LogP contribution in [0.2, 0.25) is 5.28 Å². The minimum absolute atomic E-state index is 0.130. The van der Waals surface area contributed by atoms with Gasteiger partial charge in [-0.1, -0.05) is 0 Å². The van der Waals surface area contributed by atoms with Crippen molar-refractivity contribution in [1.82, 2.24) is 14.5 Å². The Morgan fingerprint density at radius 2 is 2.17 bits per heavy atom. The van der Waals surface area contributed by atoms with Gasteiger partial charge in [-0.3, -0.25) is 0 Å². The summed E-state index contributed by atoms with van der Waals surface area (Å²) in [6, 6.07) is 0. The van der Waals surface area contributed by atoms with Crippen LogP contribution in [-0.4, -0.2) is 26.2 Å². The zero-order valence-electron chi connectivity index (χ0n) is 10.1. The molecule has 0 aliphatic rings. The molecule has 0 amide bonds. The molecule has 0 unspecified atom stereocenters. The summed E-state index contributed by atoms with van der Waals surface area (Å²) in [5, 5.41) is 0.130. The van der Waals surface area contributed by atoms with E-state index in [1.165, 1.54) is 10.8 Å². The molecule has 0 atom stereocenters. The van der Waals surface area contributed by atoms with E-state index in [1.54, 1.807) is 27.0 Å². The molecule has 96 valence electrons. The fourth-order valence-corrected chi connectivity index (χ4v) is 2.04. The lowest BCUT2D eigenvalue weighted by Gasteiger charge is -2.19. The van der Waals surface area contributed by atoms with Crippen molar-refractivity contribution in [2.45, 2.75) is 26.4 Å². The van der Waals surface area contributed by atoms with Crippen molar-refractivity contribution >= 4 is 44.7 Å². The van der Waals surface area contributed by atoms with E-state index in [1.807, 2.05) is 0 Å². The van der Waals surface area contributed by atoms with Gasteiger partial charge >= 0.3 is 6.09 Å². The normalized spacial score (nSPS) is 11.8. The van der Waals surface area contributed by atoms with E-state index in [4.69, 9.17) is 16.3 Å². The van der Waals surface area contributed by atoms with Crippen molar-refractivity contribution in [3.63, 3.8) is 0 Å². The summed E-state index contributed by atoms with van der Waals surface area (Å²) >= 11 is 9.04. The smallest absolute Gasteiger partial charge is 0.419 e. The van der Waals surface area contributed by atoms with E-state index in [0.29, 0.717) is 15.5 Å². The van der Waals surface area contributed by atoms with Gasteiger partial charge in [0.05, 0.1) is 16.2 Å². The Bertz CT molecular complexity index is 619. The van der Waals surface area contributed by atoms with Gasteiger partial charge in [0.15, 0.2) is 0 Å². The summed E-state index contributed by atoms with van der Waals surface area (Å²) in [5.41, 5.74) is 0.550. The molecule has 2 aromatic heterocycles. The molecule has 0 spiro atoms. The zero-order valence-corrected chi connectivity index (χ0v) is 12.4. The number of hydrogen-bond acceptors (Lipinski definition) is 4. The Balaban J connectivity index is 2.49. The summed E-state index contributed by atoms with van der Waals surface area (Å²) in [6.07, 6.45) is 2.59. The highest BCUT2D eigenvalue weighted by Gasteiger charge is 2.21. The van der Waals surface area contributed by atoms with Crippen molar-refractivity contribution in [2.24, 2.45) is 0 Å². The van der Waals surface area contributed by atoms with E-state index in [9.17, 15) is 4.79 Å². The Morgan fingerprint density at radius 3 is 2.78 bits per heavy atom. The van der Waals surface area contributed by atoms with Gasteiger partial charge in [-0.2, -0.15) is 0 Å². The first-order valence-corrected chi connectivity index (χ1v) is 6.37. The van der Waals surface area contributed by atoms with Crippen LogP contribution in [0.5, 0.6) is 0 Å². The van der Waals surface area contributed by atoms with Gasteiger partial charge in [-0.25, -0.2) is 19.3 Å². The predicted octanol–water partition coefficient (Wildman–Crippen LogP) is 3.63. The molecule has 5 nitrogen and oxygen atoms in total. The van der Waals surface area contributed by atoms with Crippen LogP contribution in [0, 0.1) is 0 Å². The lowest BCUT2D eigenvalue weighted by molar-refractivity contribution is 0.0544. The molecule has 2 heterocycles. The first kappa shape index (κ1) is 13.3. The molecule has 0 radical (unpaired) electrons. The third-order valence-electron chi connectivity index (χ3n) is 2.06. The fourth-order valence-electron chi connectivity index (χ4n) is 1.41. The van der Waals surface area contributed by atoms with Crippen molar-refractivity contribution in [3.05, 3.63) is 22.1 Å². The SMILES string of the molecule is CC(C)(C)OC(=O)n1cc(Br)c2nc(Cl)ncc21. The maximum atomic E-state index is 12.0. The van der Waals surface area contributed by atoms with E-state index < -0.39 is 11.7 Å². The Labute approximate surface area is 117 Å². The van der Waals surface area contributed by atoms with Gasteiger partial charge < -0.3 is 4.74 Å². The summed E-state index contributed by atoms with van der Waals surface area (Å²) in [5.74, 6) is 0. The molecule has 0 saturated heterocycles. The van der Waals surface area contributed by atoms with Crippen LogP contribution in [0.4, 0.5) is 4.79 Å². The molecule has 0 N–H and O–H groups in total. The van der Waals surface area contributed by atoms with E-state index in [0.717, 1.165) is 0 Å². The molecule has 0 saturated carbocycles. The van der Waals surface area contributed by atoms with Gasteiger partial charge in [-0.05, 0) is 48.3 Å². The van der Waals surface area contributed by atoms with Gasteiger partial charge in [0, 0.05) is 6.20 Å². The first-order chi connectivity index (χ1) is 8.28. The maximum Gasteiger partial charge on any atom is 0.419 e. The second-order valence-electron chi connectivity index (χ2n) is 4.70. The summed E-state index contributed by atoms with van der Waals surface area (Å²) in [6.45, 7) is 5.41. The predicted molar refractivity (Wildman–Crippen MR) is 71.9 cm³/mol. The van der Waals surface area contributed by atoms with Crippen molar-refractivity contribution < 1.29 is 9.53 Å². The third-order valence-corrected chi connectivity index (χ3v) is 2.82. The molecular formula is C11H11BrClN3O2. The number of hydrogen-bond donors (Lipinski definition) is 0. The Kier molecular flexibility index (Phi) is 3.33. The van der Waals surface area contributed by atoms with Crippen LogP contribution in [0.15, 0.2) is 16.9 Å². The zero-order chi connectivity index (χ0) is 13.5. The van der Waals surface area contributed by atoms with Crippen LogP contribution in [0.3, 0.4) is 0 Å². The number of carbonyl (C=O) groups excluding carboxylic acids is 1. The van der Waals surface area contributed by atoms with Crippen LogP contribution < -0.4 is 0 Å². The van der Waals surface area contributed by atoms with Gasteiger partial charge in [0.2, 0.25) is 5.28 Å². The standard InChI is InChI=1S/C11H11BrClN3O2/c1-11(2,3)18-10(17)16-5-6(12)8-7(16)4-14-9(13)15-8/h4-5H,1-3H3. The monoisotopic (exact) mass is 331 g/mol. The van der Waals surface area contributed by atoms with Crippen molar-refractivity contribution in [3.8, 4) is 0 Å². The number of nitrogens with zero attached hydrogens (tertiary/aromatic N) is 3. The van der Waals surface area contributed by atoms with E-state index >= 15 is 0 Å². The molecule has 0 aromatic carbocycles. The van der Waals surface area contributed by atoms with Gasteiger partial charge in [0.1, 0.15) is 11.1 Å². The van der Waals surface area contributed by atoms with Crippen LogP contribution in [-0.2, 0) is 4.74 Å². The molecule has 0 fully saturated rings. The lowest BCUT2D eigenvalue weighted by Crippen LogP contribution is -2.26. The average Bonchev–Trinajstić information content (AvgIpc) is 2.54. The summed E-state index contributed by atoms with van der Waals surface area (Å²) in [4.78, 5) is 19.9. The maximum absolute atomic E-state index is 12.0. The van der Waals surface area contributed by atoms with Crippen molar-refractivity contribution in [2.75, 3.05) is 0 Å². The number of carbonyl (C=O) groups is 1. The number of ether oxygens (including phenoxy) is 1. The summed E-state index contributed by atoms with van der Waals surface area (Å²) in [7, 11) is 0. The molecular weight excluding hydrogens is 321 g/mol. The molecule has 0 aliphatic heterocycles. The highest BCUT2D eigenvalue weighted by molar-refractivity contribution is 9.10. The van der Waals surface area contributed by atoms with Crippen LogP contribution in [0.1, 0.15) is 20.8 Å². The van der Waals surface area contributed by atoms with Crippen LogP contribution >= 0.6 is 27.5 Å². The highest BCUT2D eigenvalue weighted by atomic mass is 79.9. The number of fused-ring (bicyclic) bond motifs is 1. The van der Waals surface area contributed by atoms with Gasteiger partial charge in [-0.15, -0.1) is 0 Å². The van der Waals surface area contributed by atoms with Crippen LogP contribution in [0.25, 0.3) is 11.0 Å². The molecule has 7 heteroatoms. The quantitative estimate of drug-likeness (QED) is 0.691. The van der Waals surface area contributed by atoms with Crippen molar-refractivity contribution in [1.29, 1.82) is 0 Å². The number of aromatic nitrogens is 3. The highest BCUT2D eigenvalue weighted by Crippen LogP contribution is 2.25. The fraction of sp³-hybridized carbons (Fsp3) is 0.364. The minimum Gasteiger partial charge on any atom is -0.443 e. The largest absolute Gasteiger partial charge is 0.443 e. The second-order valence-corrected chi connectivity index (χ2v) is 5.89. The summed E-state index contributed by atoms with van der Waals surface area (Å²) < 4.78 is 7.30. The van der Waals surface area contributed by atoms with Gasteiger partial charge in [0.25, 0.3) is 0 Å². The Hall–Kier alpha value is -1.14. The molecule has 0 aliphatic carbocycles.